The number of carbonyl (C=O) groups is 1. The Kier molecular flexibility index (Phi) is 6.95. The molecule has 1 unspecified atom stereocenters. The lowest BCUT2D eigenvalue weighted by Crippen LogP contribution is -2.24. The number of fused-ring (bicyclic) bond motifs is 3. The van der Waals surface area contributed by atoms with Crippen LogP contribution in [0.5, 0.6) is 0 Å². The van der Waals surface area contributed by atoms with Crippen LogP contribution < -0.4 is 5.56 Å². The first-order valence-corrected chi connectivity index (χ1v) is 12.0. The van der Waals surface area contributed by atoms with Crippen molar-refractivity contribution >= 4 is 34.2 Å². The number of aryl methyl sites for hydroxylation is 3. The Morgan fingerprint density at radius 2 is 1.94 bits per heavy atom. The summed E-state index contributed by atoms with van der Waals surface area (Å²) in [5, 5.41) is 9.55. The van der Waals surface area contributed by atoms with E-state index in [1.807, 2.05) is 74.6 Å². The fraction of sp³-hybridized carbons (Fsp3) is 0.360. The normalized spacial score (nSPS) is 12.5. The van der Waals surface area contributed by atoms with Gasteiger partial charge >= 0.3 is 0 Å². The molecule has 2 aromatic heterocycles. The molecule has 0 amide bonds. The van der Waals surface area contributed by atoms with E-state index in [2.05, 4.69) is 10.2 Å². The molecule has 4 rings (SSSR count). The summed E-state index contributed by atoms with van der Waals surface area (Å²) in [5.41, 5.74) is 3.37. The summed E-state index contributed by atoms with van der Waals surface area (Å²) in [6, 6.07) is 13.4. The maximum Gasteiger partial charge on any atom is 0.262 e. The van der Waals surface area contributed by atoms with E-state index < -0.39 is 0 Å². The Bertz CT molecular complexity index is 1380. The van der Waals surface area contributed by atoms with Crippen LogP contribution >= 0.6 is 11.8 Å². The molecule has 1 atom stereocenters. The Balaban J connectivity index is 1.74. The molecule has 0 saturated carbocycles. The van der Waals surface area contributed by atoms with Crippen molar-refractivity contribution in [2.45, 2.75) is 51.1 Å². The maximum absolute atomic E-state index is 13.2. The summed E-state index contributed by atoms with van der Waals surface area (Å²) in [5.74, 6) is 0.524. The van der Waals surface area contributed by atoms with Gasteiger partial charge in [-0.15, -0.1) is 10.2 Å². The highest BCUT2D eigenvalue weighted by atomic mass is 32.2. The number of carbonyl (C=O) groups excluding carboxylic acids is 1. The van der Waals surface area contributed by atoms with Crippen LogP contribution in [0.15, 0.2) is 52.4 Å². The number of hydrogen-bond acceptors (Lipinski definition) is 6. The average Bonchev–Trinajstić information content (AvgIpc) is 3.23. The number of hydrogen-bond donors (Lipinski definition) is 0. The van der Waals surface area contributed by atoms with Gasteiger partial charge in [-0.25, -0.2) is 0 Å². The molecule has 8 heteroatoms. The molecule has 0 aliphatic carbocycles. The molecule has 0 bridgehead atoms. The second-order valence-corrected chi connectivity index (χ2v) is 9.39. The molecule has 0 saturated heterocycles. The van der Waals surface area contributed by atoms with Crippen LogP contribution in [0, 0.1) is 13.8 Å². The Morgan fingerprint density at radius 3 is 2.73 bits per heavy atom. The van der Waals surface area contributed by atoms with Gasteiger partial charge in [0.2, 0.25) is 5.78 Å². The Labute approximate surface area is 196 Å². The Morgan fingerprint density at radius 1 is 1.15 bits per heavy atom. The predicted molar refractivity (Wildman–Crippen MR) is 131 cm³/mol. The quantitative estimate of drug-likeness (QED) is 0.207. The SMILES string of the molecule is CCOCCCn1c(=O)c2ccccc2n2c(SC(C)C(=O)c3cc(C)ccc3C)nnc12. The molecule has 0 fully saturated rings. The van der Waals surface area contributed by atoms with Crippen molar-refractivity contribution in [3.63, 3.8) is 0 Å². The molecule has 7 nitrogen and oxygen atoms in total. The van der Waals surface area contributed by atoms with Crippen molar-refractivity contribution in [2.75, 3.05) is 13.2 Å². The van der Waals surface area contributed by atoms with Crippen molar-refractivity contribution < 1.29 is 9.53 Å². The van der Waals surface area contributed by atoms with E-state index in [-0.39, 0.29) is 16.6 Å². The van der Waals surface area contributed by atoms with Crippen LogP contribution in [-0.4, -0.2) is 43.4 Å². The third-order valence-corrected chi connectivity index (χ3v) is 6.71. The van der Waals surface area contributed by atoms with E-state index in [1.54, 1.807) is 4.57 Å². The van der Waals surface area contributed by atoms with Crippen molar-refractivity contribution in [3.05, 3.63) is 69.5 Å². The van der Waals surface area contributed by atoms with E-state index in [4.69, 9.17) is 4.74 Å². The number of para-hydroxylation sites is 1. The molecular weight excluding hydrogens is 436 g/mol. The van der Waals surface area contributed by atoms with Gasteiger partial charge in [0.05, 0.1) is 16.2 Å². The lowest BCUT2D eigenvalue weighted by atomic mass is 10.0. The smallest absolute Gasteiger partial charge is 0.262 e. The van der Waals surface area contributed by atoms with E-state index >= 15 is 0 Å². The number of thioether (sulfide) groups is 1. The monoisotopic (exact) mass is 464 g/mol. The highest BCUT2D eigenvalue weighted by Crippen LogP contribution is 2.28. The fourth-order valence-electron chi connectivity index (χ4n) is 3.91. The molecule has 0 aliphatic rings. The lowest BCUT2D eigenvalue weighted by Gasteiger charge is -2.14. The van der Waals surface area contributed by atoms with Gasteiger partial charge < -0.3 is 4.74 Å². The number of ketones is 1. The van der Waals surface area contributed by atoms with Gasteiger partial charge in [0.15, 0.2) is 10.9 Å². The van der Waals surface area contributed by atoms with Crippen LogP contribution in [0.25, 0.3) is 16.7 Å². The first-order valence-electron chi connectivity index (χ1n) is 11.1. The van der Waals surface area contributed by atoms with Crippen LogP contribution in [0.4, 0.5) is 0 Å². The average molecular weight is 465 g/mol. The highest BCUT2D eigenvalue weighted by Gasteiger charge is 2.23. The molecule has 2 heterocycles. The van der Waals surface area contributed by atoms with Crippen molar-refractivity contribution in [2.24, 2.45) is 0 Å². The maximum atomic E-state index is 13.2. The molecule has 0 radical (unpaired) electrons. The molecule has 0 N–H and O–H groups in total. The van der Waals surface area contributed by atoms with Gasteiger partial charge in [-0.3, -0.25) is 18.6 Å². The third-order valence-electron chi connectivity index (χ3n) is 5.66. The highest BCUT2D eigenvalue weighted by molar-refractivity contribution is 8.00. The molecule has 33 heavy (non-hydrogen) atoms. The lowest BCUT2D eigenvalue weighted by molar-refractivity contribution is 0.0993. The molecule has 172 valence electrons. The number of ether oxygens (including phenoxy) is 1. The van der Waals surface area contributed by atoms with Crippen molar-refractivity contribution in [3.8, 4) is 0 Å². The molecular formula is C25H28N4O3S. The van der Waals surface area contributed by atoms with E-state index in [0.29, 0.717) is 42.5 Å². The minimum Gasteiger partial charge on any atom is -0.382 e. The number of aromatic nitrogens is 4. The summed E-state index contributed by atoms with van der Waals surface area (Å²) in [6.07, 6.45) is 0.693. The first-order chi connectivity index (χ1) is 15.9. The summed E-state index contributed by atoms with van der Waals surface area (Å²) in [6.45, 7) is 9.45. The standard InChI is InChI=1S/C25H28N4O3S/c1-5-32-14-8-13-28-23(31)19-9-6-7-10-21(19)29-24(28)26-27-25(29)33-18(4)22(30)20-15-16(2)11-12-17(20)3/h6-7,9-12,15,18H,5,8,13-14H2,1-4H3. The second kappa shape index (κ2) is 9.89. The zero-order valence-corrected chi connectivity index (χ0v) is 20.2. The largest absolute Gasteiger partial charge is 0.382 e. The Hall–Kier alpha value is -2.97. The molecule has 2 aromatic carbocycles. The summed E-state index contributed by atoms with van der Waals surface area (Å²) in [4.78, 5) is 26.4. The number of Topliss-reactive ketones (excluding diaryl/α,β-unsaturated/α-hetero) is 1. The third kappa shape index (κ3) is 4.58. The minimum atomic E-state index is -0.366. The van der Waals surface area contributed by atoms with Crippen molar-refractivity contribution in [1.82, 2.24) is 19.2 Å². The van der Waals surface area contributed by atoms with Gasteiger partial charge in [-0.1, -0.05) is 41.6 Å². The van der Waals surface area contributed by atoms with Gasteiger partial charge in [0, 0.05) is 25.3 Å². The van der Waals surface area contributed by atoms with Gasteiger partial charge in [-0.2, -0.15) is 0 Å². The van der Waals surface area contributed by atoms with Gasteiger partial charge in [0.25, 0.3) is 5.56 Å². The van der Waals surface area contributed by atoms with E-state index in [0.717, 1.165) is 22.2 Å². The summed E-state index contributed by atoms with van der Waals surface area (Å²) < 4.78 is 8.97. The van der Waals surface area contributed by atoms with Crippen LogP contribution in [0.3, 0.4) is 0 Å². The van der Waals surface area contributed by atoms with Crippen molar-refractivity contribution in [1.29, 1.82) is 0 Å². The van der Waals surface area contributed by atoms with Gasteiger partial charge in [0.1, 0.15) is 0 Å². The number of benzene rings is 2. The van der Waals surface area contributed by atoms with E-state index in [9.17, 15) is 9.59 Å². The summed E-state index contributed by atoms with van der Waals surface area (Å²) >= 11 is 1.36. The second-order valence-electron chi connectivity index (χ2n) is 8.09. The van der Waals surface area contributed by atoms with Crippen LogP contribution in [0.2, 0.25) is 0 Å². The number of nitrogens with zero attached hydrogens (tertiary/aromatic N) is 4. The summed E-state index contributed by atoms with van der Waals surface area (Å²) in [7, 11) is 0. The number of rotatable bonds is 9. The minimum absolute atomic E-state index is 0.0484. The zero-order valence-electron chi connectivity index (χ0n) is 19.4. The zero-order chi connectivity index (χ0) is 23.5. The van der Waals surface area contributed by atoms with Crippen LogP contribution in [-0.2, 0) is 11.3 Å². The molecule has 0 aliphatic heterocycles. The van der Waals surface area contributed by atoms with Crippen LogP contribution in [0.1, 0.15) is 41.8 Å². The topological polar surface area (TPSA) is 78.5 Å². The fourth-order valence-corrected chi connectivity index (χ4v) is 4.84. The molecule has 4 aromatic rings. The predicted octanol–water partition coefficient (Wildman–Crippen LogP) is 4.45. The van der Waals surface area contributed by atoms with E-state index in [1.165, 1.54) is 11.8 Å². The first kappa shape index (κ1) is 23.2. The molecule has 0 spiro atoms. The van der Waals surface area contributed by atoms with Gasteiger partial charge in [-0.05, 0) is 57.9 Å².